The van der Waals surface area contributed by atoms with Crippen molar-refractivity contribution in [2.45, 2.75) is 28.1 Å². The zero-order valence-electron chi connectivity index (χ0n) is 4.20. The van der Waals surface area contributed by atoms with E-state index in [-0.39, 0.29) is 21.1 Å². The molecule has 0 spiro atoms. The van der Waals surface area contributed by atoms with Gasteiger partial charge in [-0.3, -0.25) is 0 Å². The van der Waals surface area contributed by atoms with Crippen molar-refractivity contribution in [3.05, 3.63) is 0 Å². The van der Waals surface area contributed by atoms with E-state index in [1.165, 1.54) is 3.93 Å². The van der Waals surface area contributed by atoms with E-state index in [1.807, 2.05) is 0 Å². The molecule has 1 heteroatoms. The monoisotopic (exact) mass is 190 g/mol. The van der Waals surface area contributed by atoms with Gasteiger partial charge in [-0.2, -0.15) is 0 Å². The number of hydrogen-bond acceptors (Lipinski definition) is 0. The van der Waals surface area contributed by atoms with Crippen LogP contribution in [0, 0.1) is 0 Å². The second-order valence-corrected chi connectivity index (χ2v) is 5.89. The summed E-state index contributed by atoms with van der Waals surface area (Å²) in [5, 5.41) is 0. The summed E-state index contributed by atoms with van der Waals surface area (Å²) in [5.74, 6) is 0. The van der Waals surface area contributed by atoms with E-state index in [2.05, 4.69) is 4.94 Å². The minimum absolute atomic E-state index is 0.203. The Morgan fingerprint density at radius 2 is 2.17 bits per heavy atom. The molecular formula is C5H10Sn. The van der Waals surface area contributed by atoms with Gasteiger partial charge in [-0.25, -0.2) is 0 Å². The van der Waals surface area contributed by atoms with Gasteiger partial charge in [0.05, 0.1) is 0 Å². The maximum atomic E-state index is 2.45. The van der Waals surface area contributed by atoms with Crippen LogP contribution >= 0.6 is 0 Å². The molecule has 2 radical (unpaired) electrons. The van der Waals surface area contributed by atoms with Crippen LogP contribution in [0.5, 0.6) is 0 Å². The normalized spacial score (nSPS) is 23.5. The van der Waals surface area contributed by atoms with E-state index < -0.39 is 0 Å². The fraction of sp³-hybridized carbons (Fsp3) is 1.00. The van der Waals surface area contributed by atoms with Crippen LogP contribution in [0.15, 0.2) is 0 Å². The van der Waals surface area contributed by atoms with Gasteiger partial charge in [0.25, 0.3) is 0 Å². The number of rotatable bonds is 1. The van der Waals surface area contributed by atoms with Crippen LogP contribution in [0.1, 0.15) is 19.3 Å². The summed E-state index contributed by atoms with van der Waals surface area (Å²) < 4.78 is 1.29. The molecule has 0 heterocycles. The van der Waals surface area contributed by atoms with Gasteiger partial charge < -0.3 is 0 Å². The molecule has 1 aliphatic rings. The molecular weight excluding hydrogens is 179 g/mol. The van der Waals surface area contributed by atoms with Crippen LogP contribution in [0.2, 0.25) is 8.87 Å². The Labute approximate surface area is 49.5 Å². The van der Waals surface area contributed by atoms with E-state index >= 15 is 0 Å². The van der Waals surface area contributed by atoms with E-state index in [1.54, 1.807) is 19.3 Å². The van der Waals surface area contributed by atoms with Crippen molar-refractivity contribution in [2.24, 2.45) is 0 Å². The Hall–Kier alpha value is 0.799. The average Bonchev–Trinajstić information content (AvgIpc) is 1.31. The zero-order valence-corrected chi connectivity index (χ0v) is 7.05. The molecule has 0 amide bonds. The molecule has 0 saturated heterocycles. The van der Waals surface area contributed by atoms with Crippen molar-refractivity contribution in [3.8, 4) is 0 Å². The van der Waals surface area contributed by atoms with Crippen molar-refractivity contribution in [1.82, 2.24) is 0 Å². The van der Waals surface area contributed by atoms with Gasteiger partial charge in [0, 0.05) is 0 Å². The van der Waals surface area contributed by atoms with E-state index in [0.717, 1.165) is 0 Å². The van der Waals surface area contributed by atoms with E-state index in [0.29, 0.717) is 0 Å². The summed E-state index contributed by atoms with van der Waals surface area (Å²) in [5.41, 5.74) is 0. The van der Waals surface area contributed by atoms with Crippen LogP contribution in [0.25, 0.3) is 0 Å². The molecule has 0 bridgehead atoms. The maximum absolute atomic E-state index is 2.45. The molecule has 0 aromatic carbocycles. The van der Waals surface area contributed by atoms with Crippen molar-refractivity contribution in [2.75, 3.05) is 0 Å². The van der Waals surface area contributed by atoms with Crippen molar-refractivity contribution < 1.29 is 0 Å². The SMILES string of the molecule is [CH3][Sn][CH]1CCC1. The molecule has 1 rings (SSSR count). The van der Waals surface area contributed by atoms with Crippen molar-refractivity contribution in [3.63, 3.8) is 0 Å². The third-order valence-corrected chi connectivity index (χ3v) is 5.49. The fourth-order valence-corrected chi connectivity index (χ4v) is 3.51. The van der Waals surface area contributed by atoms with Crippen molar-refractivity contribution >= 4 is 21.1 Å². The van der Waals surface area contributed by atoms with Gasteiger partial charge in [0.2, 0.25) is 0 Å². The van der Waals surface area contributed by atoms with Crippen LogP contribution in [-0.2, 0) is 0 Å². The predicted molar refractivity (Wildman–Crippen MR) is 29.2 cm³/mol. The van der Waals surface area contributed by atoms with Crippen LogP contribution in [0.4, 0.5) is 0 Å². The summed E-state index contributed by atoms with van der Waals surface area (Å²) in [6.07, 6.45) is 4.71. The standard InChI is InChI=1S/C4H7.CH3.Sn/c1-2-4-3-1;;/h1H,2-4H2;1H3;. The molecule has 0 N–H and O–H groups in total. The minimum atomic E-state index is 0.203. The molecule has 1 aliphatic carbocycles. The van der Waals surface area contributed by atoms with Gasteiger partial charge in [0.15, 0.2) is 0 Å². The first kappa shape index (κ1) is 4.95. The van der Waals surface area contributed by atoms with Gasteiger partial charge in [0.1, 0.15) is 0 Å². The van der Waals surface area contributed by atoms with Gasteiger partial charge >= 0.3 is 49.3 Å². The Bertz CT molecular complexity index is 36.4. The molecule has 0 nitrogen and oxygen atoms in total. The Balaban J connectivity index is 2.01. The van der Waals surface area contributed by atoms with E-state index in [4.69, 9.17) is 0 Å². The fourth-order valence-electron chi connectivity index (χ4n) is 0.697. The first-order valence-corrected chi connectivity index (χ1v) is 7.11. The topological polar surface area (TPSA) is 0 Å². The first-order chi connectivity index (χ1) is 2.93. The van der Waals surface area contributed by atoms with Crippen molar-refractivity contribution in [1.29, 1.82) is 0 Å². The Morgan fingerprint density at radius 1 is 1.50 bits per heavy atom. The molecule has 1 fully saturated rings. The Kier molecular flexibility index (Phi) is 1.81. The van der Waals surface area contributed by atoms with Crippen LogP contribution in [-0.4, -0.2) is 21.1 Å². The molecule has 1 saturated carbocycles. The van der Waals surface area contributed by atoms with E-state index in [9.17, 15) is 0 Å². The summed E-state index contributed by atoms with van der Waals surface area (Å²) in [7, 11) is 0. The first-order valence-electron chi connectivity index (χ1n) is 2.61. The molecule has 0 aromatic rings. The summed E-state index contributed by atoms with van der Waals surface area (Å²) in [6, 6.07) is 0. The molecule has 0 atom stereocenters. The van der Waals surface area contributed by atoms with Crippen LogP contribution < -0.4 is 0 Å². The van der Waals surface area contributed by atoms with Crippen LogP contribution in [0.3, 0.4) is 0 Å². The molecule has 0 aliphatic heterocycles. The second-order valence-electron chi connectivity index (χ2n) is 1.92. The quantitative estimate of drug-likeness (QED) is 0.550. The molecule has 6 heavy (non-hydrogen) atoms. The van der Waals surface area contributed by atoms with Gasteiger partial charge in [-0.15, -0.1) is 0 Å². The van der Waals surface area contributed by atoms with Gasteiger partial charge in [-0.1, -0.05) is 0 Å². The summed E-state index contributed by atoms with van der Waals surface area (Å²) >= 11 is 0.203. The van der Waals surface area contributed by atoms with Gasteiger partial charge in [-0.05, 0) is 0 Å². The second kappa shape index (κ2) is 2.20. The summed E-state index contributed by atoms with van der Waals surface area (Å²) in [6.45, 7) is 0. The summed E-state index contributed by atoms with van der Waals surface area (Å²) in [4.78, 5) is 2.45. The predicted octanol–water partition coefficient (Wildman–Crippen LogP) is 1.71. The molecule has 0 aromatic heterocycles. The third kappa shape index (κ3) is 0.894. The Morgan fingerprint density at radius 3 is 2.17 bits per heavy atom. The average molecular weight is 189 g/mol. The zero-order chi connectivity index (χ0) is 4.41. The third-order valence-electron chi connectivity index (χ3n) is 1.51. The molecule has 0 unspecified atom stereocenters. The number of hydrogen-bond donors (Lipinski definition) is 0. The molecule has 34 valence electrons.